The van der Waals surface area contributed by atoms with E-state index in [1.807, 2.05) is 0 Å². The molecule has 2 N–H and O–H groups in total. The van der Waals surface area contributed by atoms with E-state index in [2.05, 4.69) is 55.9 Å². The topological polar surface area (TPSA) is 45.8 Å². The van der Waals surface area contributed by atoms with Gasteiger partial charge in [0, 0.05) is 0 Å². The molecule has 0 aliphatic carbocycles. The van der Waals surface area contributed by atoms with Crippen LogP contribution in [0.25, 0.3) is 0 Å². The quantitative estimate of drug-likeness (QED) is 0.642. The van der Waals surface area contributed by atoms with E-state index in [4.69, 9.17) is 18.9 Å². The lowest BCUT2D eigenvalue weighted by Gasteiger charge is -2.48. The lowest BCUT2D eigenvalue weighted by atomic mass is 9.86. The lowest BCUT2D eigenvalue weighted by Crippen LogP contribution is -3.07. The molecule has 1 spiro atoms. The molecule has 2 heterocycles. The predicted octanol–water partition coefficient (Wildman–Crippen LogP) is -0.940. The Hall–Kier alpha value is -0.240. The molecule has 0 radical (unpaired) electrons. The first kappa shape index (κ1) is 21.1. The molecule has 0 aromatic rings. The number of rotatable bonds is 6. The summed E-state index contributed by atoms with van der Waals surface area (Å²) in [5.41, 5.74) is -0.208. The summed E-state index contributed by atoms with van der Waals surface area (Å²) in [6, 6.07) is 0. The van der Waals surface area contributed by atoms with Crippen molar-refractivity contribution in [2.45, 2.75) is 40.3 Å². The molecule has 2 aliphatic rings. The highest BCUT2D eigenvalue weighted by Gasteiger charge is 2.48. The van der Waals surface area contributed by atoms with E-state index in [0.717, 1.165) is 13.1 Å². The second-order valence-corrected chi connectivity index (χ2v) is 10.2. The third-order valence-electron chi connectivity index (χ3n) is 5.06. The van der Waals surface area contributed by atoms with Gasteiger partial charge in [0.15, 0.2) is 12.6 Å². The summed E-state index contributed by atoms with van der Waals surface area (Å²) in [6.07, 6.45) is -0.334. The van der Waals surface area contributed by atoms with Crippen LogP contribution in [-0.2, 0) is 18.9 Å². The monoisotopic (exact) mass is 360 g/mol. The van der Waals surface area contributed by atoms with E-state index >= 15 is 0 Å². The third kappa shape index (κ3) is 5.37. The van der Waals surface area contributed by atoms with Crippen molar-refractivity contribution in [3.05, 3.63) is 0 Å². The maximum absolute atomic E-state index is 6.12. The van der Waals surface area contributed by atoms with Gasteiger partial charge in [-0.15, -0.1) is 0 Å². The molecule has 25 heavy (non-hydrogen) atoms. The number of hydrogen-bond donors (Lipinski definition) is 2. The molecule has 0 atom stereocenters. The molecule has 2 fully saturated rings. The summed E-state index contributed by atoms with van der Waals surface area (Å²) >= 11 is 0. The van der Waals surface area contributed by atoms with Gasteiger partial charge in [0.25, 0.3) is 0 Å². The van der Waals surface area contributed by atoms with Gasteiger partial charge in [0.1, 0.15) is 0 Å². The first-order valence-electron chi connectivity index (χ1n) is 9.50. The second kappa shape index (κ2) is 7.79. The molecule has 0 aromatic carbocycles. The average molecular weight is 361 g/mol. The normalized spacial score (nSPS) is 31.9. The summed E-state index contributed by atoms with van der Waals surface area (Å²) in [6.45, 7) is 13.4. The molecule has 0 amide bonds. The van der Waals surface area contributed by atoms with Crippen molar-refractivity contribution >= 4 is 0 Å². The van der Waals surface area contributed by atoms with Crippen LogP contribution in [0.3, 0.4) is 0 Å². The van der Waals surface area contributed by atoms with Crippen molar-refractivity contribution < 1.29 is 28.7 Å². The lowest BCUT2D eigenvalue weighted by molar-refractivity contribution is -0.866. The number of quaternary nitrogens is 2. The minimum Gasteiger partial charge on any atom is -0.351 e. The fourth-order valence-corrected chi connectivity index (χ4v) is 4.25. The molecule has 6 nitrogen and oxygen atoms in total. The van der Waals surface area contributed by atoms with Gasteiger partial charge >= 0.3 is 0 Å². The van der Waals surface area contributed by atoms with E-state index in [1.165, 1.54) is 9.80 Å². The van der Waals surface area contributed by atoms with Crippen molar-refractivity contribution in [2.24, 2.45) is 16.2 Å². The van der Waals surface area contributed by atoms with Crippen LogP contribution >= 0.6 is 0 Å². The molecular weight excluding hydrogens is 320 g/mol. The van der Waals surface area contributed by atoms with E-state index in [9.17, 15) is 0 Å². The third-order valence-corrected chi connectivity index (χ3v) is 5.06. The van der Waals surface area contributed by atoms with Crippen LogP contribution in [0, 0.1) is 16.2 Å². The molecule has 0 bridgehead atoms. The highest BCUT2D eigenvalue weighted by atomic mass is 16.7. The average Bonchev–Trinajstić information content (AvgIpc) is 2.45. The number of hydrogen-bond acceptors (Lipinski definition) is 4. The highest BCUT2D eigenvalue weighted by molar-refractivity contribution is 4.88. The summed E-state index contributed by atoms with van der Waals surface area (Å²) in [5.74, 6) is 0. The fourth-order valence-electron chi connectivity index (χ4n) is 4.25. The standard InChI is InChI=1S/C19H38N2O4/c1-17(2,9-20(5)6)15-22-11-19(12-23-15)13-24-16(25-14-19)18(3,4)10-21(7)8/h15-16H,9-14H2,1-8H3/p+2. The minimum absolute atomic E-state index is 0.0180. The molecule has 0 unspecified atom stereocenters. The van der Waals surface area contributed by atoms with Crippen LogP contribution in [0.1, 0.15) is 27.7 Å². The molecule has 2 rings (SSSR count). The smallest absolute Gasteiger partial charge is 0.168 e. The zero-order valence-corrected chi connectivity index (χ0v) is 17.5. The van der Waals surface area contributed by atoms with E-state index < -0.39 is 0 Å². The maximum Gasteiger partial charge on any atom is 0.168 e. The van der Waals surface area contributed by atoms with Crippen molar-refractivity contribution in [3.63, 3.8) is 0 Å². The Kier molecular flexibility index (Phi) is 6.56. The first-order chi connectivity index (χ1) is 11.5. The van der Waals surface area contributed by atoms with Crippen LogP contribution in [0.15, 0.2) is 0 Å². The first-order valence-corrected chi connectivity index (χ1v) is 9.50. The van der Waals surface area contributed by atoms with E-state index in [0.29, 0.717) is 26.4 Å². The number of ether oxygens (including phenoxy) is 4. The highest BCUT2D eigenvalue weighted by Crippen LogP contribution is 2.37. The Morgan fingerprint density at radius 3 is 1.20 bits per heavy atom. The molecule has 2 aliphatic heterocycles. The van der Waals surface area contributed by atoms with Crippen LogP contribution in [0.4, 0.5) is 0 Å². The van der Waals surface area contributed by atoms with E-state index in [1.54, 1.807) is 0 Å². The maximum atomic E-state index is 6.12. The van der Waals surface area contributed by atoms with Crippen molar-refractivity contribution in [2.75, 3.05) is 67.7 Å². The summed E-state index contributed by atoms with van der Waals surface area (Å²) in [7, 11) is 8.64. The Balaban J connectivity index is 1.87. The van der Waals surface area contributed by atoms with Gasteiger partial charge in [-0.1, -0.05) is 0 Å². The Bertz CT molecular complexity index is 378. The van der Waals surface area contributed by atoms with Gasteiger partial charge < -0.3 is 28.7 Å². The molecule has 148 valence electrons. The minimum atomic E-state index is -0.172. The molecule has 0 saturated carbocycles. The Morgan fingerprint density at radius 2 is 0.960 bits per heavy atom. The fraction of sp³-hybridized carbons (Fsp3) is 1.00. The van der Waals surface area contributed by atoms with Crippen molar-refractivity contribution in [3.8, 4) is 0 Å². The predicted molar refractivity (Wildman–Crippen MR) is 96.7 cm³/mol. The zero-order valence-electron chi connectivity index (χ0n) is 17.5. The van der Waals surface area contributed by atoms with Crippen LogP contribution in [0.2, 0.25) is 0 Å². The van der Waals surface area contributed by atoms with Crippen molar-refractivity contribution in [1.29, 1.82) is 0 Å². The van der Waals surface area contributed by atoms with E-state index in [-0.39, 0.29) is 28.8 Å². The Morgan fingerprint density at radius 1 is 0.680 bits per heavy atom. The van der Waals surface area contributed by atoms with Gasteiger partial charge in [-0.25, -0.2) is 0 Å². The SMILES string of the molecule is C[NH+](C)CC(C)(C)C1OCC2(CO1)COC(C(C)(C)C[NH+](C)C)OC2. The largest absolute Gasteiger partial charge is 0.351 e. The molecule has 6 heteroatoms. The van der Waals surface area contributed by atoms with Crippen LogP contribution in [0.5, 0.6) is 0 Å². The molecule has 0 aromatic heterocycles. The van der Waals surface area contributed by atoms with Gasteiger partial charge in [0.2, 0.25) is 0 Å². The van der Waals surface area contributed by atoms with Crippen molar-refractivity contribution in [1.82, 2.24) is 0 Å². The Labute approximate surface area is 153 Å². The second-order valence-electron chi connectivity index (χ2n) is 10.2. The summed E-state index contributed by atoms with van der Waals surface area (Å²) in [4.78, 5) is 2.80. The molecule has 2 saturated heterocycles. The van der Waals surface area contributed by atoms with Crippen LogP contribution in [-0.4, -0.2) is 80.3 Å². The van der Waals surface area contributed by atoms with Gasteiger partial charge in [-0.2, -0.15) is 0 Å². The summed E-state index contributed by atoms with van der Waals surface area (Å²) < 4.78 is 24.5. The van der Waals surface area contributed by atoms with Crippen LogP contribution < -0.4 is 9.80 Å². The zero-order chi connectivity index (χ0) is 18.9. The van der Waals surface area contributed by atoms with Gasteiger partial charge in [0.05, 0.1) is 84.0 Å². The van der Waals surface area contributed by atoms with Gasteiger partial charge in [-0.3, -0.25) is 0 Å². The summed E-state index contributed by atoms with van der Waals surface area (Å²) in [5, 5.41) is 0. The molecular formula is C19H40N2O4+2. The van der Waals surface area contributed by atoms with Gasteiger partial charge in [-0.05, 0) is 27.7 Å². The number of nitrogens with one attached hydrogen (secondary N) is 2.